The number of anilines is 3. The van der Waals surface area contributed by atoms with Crippen molar-refractivity contribution in [2.45, 2.75) is 6.18 Å². The molecule has 122 valence electrons. The van der Waals surface area contributed by atoms with Crippen LogP contribution in [-0.2, 0) is 10.9 Å². The zero-order valence-corrected chi connectivity index (χ0v) is 11.9. The lowest BCUT2D eigenvalue weighted by molar-refractivity contribution is -0.137. The van der Waals surface area contributed by atoms with Gasteiger partial charge in [0.05, 0.1) is 25.0 Å². The molecule has 3 rings (SSSR count). The average Bonchev–Trinajstić information content (AvgIpc) is 2.56. The lowest BCUT2D eigenvalue weighted by Crippen LogP contribution is -2.36. The van der Waals surface area contributed by atoms with Gasteiger partial charge in [-0.2, -0.15) is 18.3 Å². The minimum atomic E-state index is -4.47. The molecule has 23 heavy (non-hydrogen) atoms. The fourth-order valence-electron chi connectivity index (χ4n) is 2.07. The van der Waals surface area contributed by atoms with Crippen molar-refractivity contribution in [2.75, 3.05) is 36.5 Å². The number of rotatable bonds is 3. The molecule has 1 N–H and O–H groups in total. The zero-order valence-electron chi connectivity index (χ0n) is 11.9. The van der Waals surface area contributed by atoms with E-state index in [2.05, 4.69) is 25.7 Å². The Kier molecular flexibility index (Phi) is 4.24. The molecule has 2 aromatic heterocycles. The monoisotopic (exact) mass is 326 g/mol. The van der Waals surface area contributed by atoms with Crippen molar-refractivity contribution in [3.05, 3.63) is 30.0 Å². The molecule has 0 atom stereocenters. The SMILES string of the molecule is FC(F)(F)c1cnnc(Nc2ccc(N3CCOCC3)nn2)c1. The van der Waals surface area contributed by atoms with Gasteiger partial charge in [0.25, 0.3) is 0 Å². The van der Waals surface area contributed by atoms with Crippen molar-refractivity contribution in [1.29, 1.82) is 0 Å². The summed E-state index contributed by atoms with van der Waals surface area (Å²) in [5, 5.41) is 17.6. The van der Waals surface area contributed by atoms with Gasteiger partial charge >= 0.3 is 6.18 Å². The van der Waals surface area contributed by atoms with Crippen molar-refractivity contribution >= 4 is 17.5 Å². The first-order chi connectivity index (χ1) is 11.0. The maximum atomic E-state index is 12.6. The Morgan fingerprint density at radius 3 is 2.48 bits per heavy atom. The highest BCUT2D eigenvalue weighted by molar-refractivity contribution is 5.53. The third-order valence-electron chi connectivity index (χ3n) is 3.22. The van der Waals surface area contributed by atoms with Crippen LogP contribution in [0.3, 0.4) is 0 Å². The predicted octanol–water partition coefficient (Wildman–Crippen LogP) is 1.87. The van der Waals surface area contributed by atoms with Gasteiger partial charge in [0.2, 0.25) is 0 Å². The molecule has 0 amide bonds. The van der Waals surface area contributed by atoms with Crippen LogP contribution in [0.15, 0.2) is 24.4 Å². The smallest absolute Gasteiger partial charge is 0.378 e. The number of hydrogen-bond donors (Lipinski definition) is 1. The molecule has 0 aromatic carbocycles. The summed E-state index contributed by atoms with van der Waals surface area (Å²) in [5.41, 5.74) is -0.882. The minimum absolute atomic E-state index is 0.0479. The molecule has 2 aromatic rings. The fraction of sp³-hybridized carbons (Fsp3) is 0.385. The lowest BCUT2D eigenvalue weighted by Gasteiger charge is -2.27. The number of nitrogens with one attached hydrogen (secondary N) is 1. The Morgan fingerprint density at radius 2 is 1.83 bits per heavy atom. The topological polar surface area (TPSA) is 76.1 Å². The van der Waals surface area contributed by atoms with E-state index in [-0.39, 0.29) is 11.6 Å². The zero-order chi connectivity index (χ0) is 16.3. The molecule has 10 heteroatoms. The Bertz CT molecular complexity index is 658. The van der Waals surface area contributed by atoms with E-state index < -0.39 is 11.7 Å². The largest absolute Gasteiger partial charge is 0.418 e. The Hall–Kier alpha value is -2.49. The minimum Gasteiger partial charge on any atom is -0.378 e. The van der Waals surface area contributed by atoms with Crippen LogP contribution in [0.1, 0.15) is 5.56 Å². The molecule has 3 heterocycles. The number of ether oxygens (including phenoxy) is 1. The van der Waals surface area contributed by atoms with Gasteiger partial charge < -0.3 is 15.0 Å². The van der Waals surface area contributed by atoms with Crippen LogP contribution in [0.25, 0.3) is 0 Å². The summed E-state index contributed by atoms with van der Waals surface area (Å²) < 4.78 is 43.1. The lowest BCUT2D eigenvalue weighted by atomic mass is 10.3. The molecule has 0 aliphatic carbocycles. The van der Waals surface area contributed by atoms with Gasteiger partial charge in [-0.15, -0.1) is 15.3 Å². The summed E-state index contributed by atoms with van der Waals surface area (Å²) in [6.07, 6.45) is -3.81. The van der Waals surface area contributed by atoms with Crippen LogP contribution in [0.5, 0.6) is 0 Å². The van der Waals surface area contributed by atoms with Crippen LogP contribution >= 0.6 is 0 Å². The summed E-state index contributed by atoms with van der Waals surface area (Å²) in [4.78, 5) is 2.02. The normalized spacial score (nSPS) is 15.5. The quantitative estimate of drug-likeness (QED) is 0.922. The summed E-state index contributed by atoms with van der Waals surface area (Å²) in [6.45, 7) is 2.70. The number of halogens is 3. The van der Waals surface area contributed by atoms with E-state index in [0.29, 0.717) is 25.2 Å². The Morgan fingerprint density at radius 1 is 1.04 bits per heavy atom. The molecular weight excluding hydrogens is 313 g/mol. The predicted molar refractivity (Wildman–Crippen MR) is 75.4 cm³/mol. The third-order valence-corrected chi connectivity index (χ3v) is 3.22. The summed E-state index contributed by atoms with van der Waals surface area (Å²) in [6, 6.07) is 4.23. The summed E-state index contributed by atoms with van der Waals surface area (Å²) in [5.74, 6) is 0.929. The first-order valence-corrected chi connectivity index (χ1v) is 6.86. The Balaban J connectivity index is 1.71. The summed E-state index contributed by atoms with van der Waals surface area (Å²) in [7, 11) is 0. The van der Waals surface area contributed by atoms with Gasteiger partial charge in [-0.1, -0.05) is 0 Å². The third kappa shape index (κ3) is 3.83. The first kappa shape index (κ1) is 15.4. The molecule has 1 aliphatic heterocycles. The molecule has 1 fully saturated rings. The van der Waals surface area contributed by atoms with E-state index >= 15 is 0 Å². The van der Waals surface area contributed by atoms with Gasteiger partial charge in [-0.3, -0.25) is 0 Å². The van der Waals surface area contributed by atoms with E-state index in [0.717, 1.165) is 19.2 Å². The number of hydrogen-bond acceptors (Lipinski definition) is 7. The van der Waals surface area contributed by atoms with Gasteiger partial charge in [0.15, 0.2) is 17.5 Å². The van der Waals surface area contributed by atoms with E-state index in [1.807, 2.05) is 4.90 Å². The highest BCUT2D eigenvalue weighted by Crippen LogP contribution is 2.29. The van der Waals surface area contributed by atoms with Crippen LogP contribution < -0.4 is 10.2 Å². The van der Waals surface area contributed by atoms with E-state index in [4.69, 9.17) is 4.74 Å². The maximum absolute atomic E-state index is 12.6. The van der Waals surface area contributed by atoms with Crippen LogP contribution in [0.4, 0.5) is 30.6 Å². The van der Waals surface area contributed by atoms with Crippen molar-refractivity contribution in [3.8, 4) is 0 Å². The first-order valence-electron chi connectivity index (χ1n) is 6.86. The number of morpholine rings is 1. The van der Waals surface area contributed by atoms with Crippen LogP contribution in [0, 0.1) is 0 Å². The van der Waals surface area contributed by atoms with Crippen molar-refractivity contribution in [1.82, 2.24) is 20.4 Å². The molecule has 7 nitrogen and oxygen atoms in total. The van der Waals surface area contributed by atoms with Gasteiger partial charge in [0, 0.05) is 13.1 Å². The second-order valence-electron chi connectivity index (χ2n) is 4.83. The molecule has 1 aliphatic rings. The molecule has 1 saturated heterocycles. The second-order valence-corrected chi connectivity index (χ2v) is 4.83. The fourth-order valence-corrected chi connectivity index (χ4v) is 2.07. The van der Waals surface area contributed by atoms with Crippen LogP contribution in [0.2, 0.25) is 0 Å². The van der Waals surface area contributed by atoms with E-state index in [1.54, 1.807) is 12.1 Å². The number of alkyl halides is 3. The Labute approximate surface area is 129 Å². The molecular formula is C13H13F3N6O. The van der Waals surface area contributed by atoms with Crippen molar-refractivity contribution < 1.29 is 17.9 Å². The van der Waals surface area contributed by atoms with Crippen molar-refractivity contribution in [2.24, 2.45) is 0 Å². The van der Waals surface area contributed by atoms with Gasteiger partial charge in [-0.05, 0) is 18.2 Å². The average molecular weight is 326 g/mol. The second kappa shape index (κ2) is 6.32. The highest BCUT2D eigenvalue weighted by Gasteiger charge is 2.31. The standard InChI is InChI=1S/C13H13F3N6O/c14-13(15,16)9-7-11(19-17-8-9)18-10-1-2-12(21-20-10)22-3-5-23-6-4-22/h1-2,7-8H,3-6H2,(H,18,19,20). The van der Waals surface area contributed by atoms with E-state index in [1.165, 1.54) is 0 Å². The molecule has 0 radical (unpaired) electrons. The molecule has 0 spiro atoms. The number of aromatic nitrogens is 4. The van der Waals surface area contributed by atoms with E-state index in [9.17, 15) is 13.2 Å². The maximum Gasteiger partial charge on any atom is 0.418 e. The molecule has 0 bridgehead atoms. The number of nitrogens with zero attached hydrogens (tertiary/aromatic N) is 5. The van der Waals surface area contributed by atoms with Gasteiger partial charge in [0.1, 0.15) is 0 Å². The van der Waals surface area contributed by atoms with Gasteiger partial charge in [-0.25, -0.2) is 0 Å². The van der Waals surface area contributed by atoms with Crippen LogP contribution in [-0.4, -0.2) is 46.7 Å². The molecule has 0 saturated carbocycles. The highest BCUT2D eigenvalue weighted by atomic mass is 19.4. The summed E-state index contributed by atoms with van der Waals surface area (Å²) >= 11 is 0. The molecule has 0 unspecified atom stereocenters. The van der Waals surface area contributed by atoms with Crippen molar-refractivity contribution in [3.63, 3.8) is 0 Å².